The number of H-pyrrole nitrogens is 1. The Morgan fingerprint density at radius 1 is 0.917 bits per heavy atom. The second-order valence-corrected chi connectivity index (χ2v) is 6.17. The van der Waals surface area contributed by atoms with Crippen LogP contribution in [0, 0.1) is 0 Å². The van der Waals surface area contributed by atoms with Crippen LogP contribution in [0.3, 0.4) is 0 Å². The molecule has 0 aliphatic heterocycles. The van der Waals surface area contributed by atoms with Gasteiger partial charge in [0, 0.05) is 28.0 Å². The van der Waals surface area contributed by atoms with Crippen LogP contribution in [0.4, 0.5) is 0 Å². The molecule has 5 heteroatoms. The molecule has 24 heavy (non-hydrogen) atoms. The summed E-state index contributed by atoms with van der Waals surface area (Å²) in [5.74, 6) is -0.428. The minimum Gasteiger partial charge on any atom is -0.351 e. The first-order valence-corrected chi connectivity index (χ1v) is 7.82. The predicted molar refractivity (Wildman–Crippen MR) is 91.9 cm³/mol. The van der Waals surface area contributed by atoms with Crippen LogP contribution < -0.4 is 0 Å². The van der Waals surface area contributed by atoms with Gasteiger partial charge in [0.15, 0.2) is 5.78 Å². The largest absolute Gasteiger partial charge is 0.351 e. The third-order valence-electron chi connectivity index (χ3n) is 4.48. The number of aromatic amines is 1. The molecule has 114 valence electrons. The van der Waals surface area contributed by atoms with Crippen LogP contribution in [0.2, 0.25) is 5.02 Å². The number of hydrogen-bond acceptors (Lipinski definition) is 3. The van der Waals surface area contributed by atoms with E-state index in [0.29, 0.717) is 38.3 Å². The van der Waals surface area contributed by atoms with Gasteiger partial charge in [-0.1, -0.05) is 35.9 Å². The molecular weight excluding hydrogens is 324 g/mol. The highest BCUT2D eigenvalue weighted by Crippen LogP contribution is 2.37. The summed E-state index contributed by atoms with van der Waals surface area (Å²) in [6.07, 6.45) is 1.47. The molecule has 4 aromatic rings. The van der Waals surface area contributed by atoms with Gasteiger partial charge in [0.1, 0.15) is 0 Å². The van der Waals surface area contributed by atoms with Gasteiger partial charge >= 0.3 is 0 Å². The van der Waals surface area contributed by atoms with Gasteiger partial charge in [-0.2, -0.15) is 0 Å². The van der Waals surface area contributed by atoms with Gasteiger partial charge in [0.05, 0.1) is 27.4 Å². The molecule has 2 aromatic heterocycles. The summed E-state index contributed by atoms with van der Waals surface area (Å²) < 4.78 is 0. The number of para-hydroxylation sites is 1. The summed E-state index contributed by atoms with van der Waals surface area (Å²) in [4.78, 5) is 33.5. The summed E-state index contributed by atoms with van der Waals surface area (Å²) >= 11 is 6.30. The number of ketones is 2. The molecular formula is C19H9ClN2O2. The van der Waals surface area contributed by atoms with Crippen molar-refractivity contribution >= 4 is 45.0 Å². The van der Waals surface area contributed by atoms with Gasteiger partial charge in [-0.15, -0.1) is 0 Å². The first-order chi connectivity index (χ1) is 11.7. The number of nitrogens with zero attached hydrogens (tertiary/aromatic N) is 1. The van der Waals surface area contributed by atoms with Crippen LogP contribution in [0.1, 0.15) is 32.0 Å². The zero-order chi connectivity index (χ0) is 16.4. The number of aromatic nitrogens is 2. The van der Waals surface area contributed by atoms with Gasteiger partial charge < -0.3 is 4.98 Å². The maximum Gasteiger partial charge on any atom is 0.211 e. The minimum absolute atomic E-state index is 0.202. The first-order valence-electron chi connectivity index (χ1n) is 7.44. The molecule has 0 unspecified atom stereocenters. The lowest BCUT2D eigenvalue weighted by atomic mass is 9.86. The molecule has 0 atom stereocenters. The Kier molecular flexibility index (Phi) is 2.54. The van der Waals surface area contributed by atoms with Crippen molar-refractivity contribution in [1.82, 2.24) is 9.97 Å². The van der Waals surface area contributed by atoms with E-state index in [9.17, 15) is 9.59 Å². The van der Waals surface area contributed by atoms with Crippen molar-refractivity contribution in [3.8, 4) is 0 Å². The van der Waals surface area contributed by atoms with E-state index in [2.05, 4.69) is 9.97 Å². The van der Waals surface area contributed by atoms with Gasteiger partial charge in [-0.05, 0) is 18.2 Å². The summed E-state index contributed by atoms with van der Waals surface area (Å²) in [6.45, 7) is 0. The number of rotatable bonds is 0. The molecule has 5 rings (SSSR count). The van der Waals surface area contributed by atoms with Crippen LogP contribution in [0.5, 0.6) is 0 Å². The van der Waals surface area contributed by atoms with Crippen molar-refractivity contribution in [3.05, 3.63) is 76.1 Å². The molecule has 1 N–H and O–H groups in total. The summed E-state index contributed by atoms with van der Waals surface area (Å²) in [5.41, 5.74) is 2.73. The number of carbonyl (C=O) groups excluding carboxylic acids is 2. The van der Waals surface area contributed by atoms with Crippen LogP contribution in [0.15, 0.2) is 48.7 Å². The maximum absolute atomic E-state index is 13.1. The van der Waals surface area contributed by atoms with Crippen molar-refractivity contribution in [2.45, 2.75) is 0 Å². The molecule has 0 spiro atoms. The van der Waals surface area contributed by atoms with Gasteiger partial charge in [-0.25, -0.2) is 0 Å². The van der Waals surface area contributed by atoms with E-state index in [1.165, 1.54) is 6.20 Å². The molecule has 1 aliphatic rings. The van der Waals surface area contributed by atoms with Crippen LogP contribution in [-0.2, 0) is 0 Å². The fraction of sp³-hybridized carbons (Fsp3) is 0. The highest BCUT2D eigenvalue weighted by atomic mass is 35.5. The quantitative estimate of drug-likeness (QED) is 0.463. The van der Waals surface area contributed by atoms with E-state index >= 15 is 0 Å². The van der Waals surface area contributed by atoms with Gasteiger partial charge in [0.25, 0.3) is 0 Å². The summed E-state index contributed by atoms with van der Waals surface area (Å²) in [5, 5.41) is 1.69. The standard InChI is InChI=1S/C19H9ClN2O2/c20-11-5-3-7-13-16(11)14-10(8-21-13)18(23)15-9-4-1-2-6-12(9)22-17(15)19(14)24/h1-8,22H. The van der Waals surface area contributed by atoms with Crippen molar-refractivity contribution in [3.63, 3.8) is 0 Å². The third kappa shape index (κ3) is 1.56. The minimum atomic E-state index is -0.226. The fourth-order valence-electron chi connectivity index (χ4n) is 3.42. The number of benzene rings is 2. The average molecular weight is 333 g/mol. The molecule has 4 nitrogen and oxygen atoms in total. The first kappa shape index (κ1) is 13.5. The number of hydrogen-bond donors (Lipinski definition) is 1. The second-order valence-electron chi connectivity index (χ2n) is 5.76. The van der Waals surface area contributed by atoms with Gasteiger partial charge in [-0.3, -0.25) is 14.6 Å². The lowest BCUT2D eigenvalue weighted by Crippen LogP contribution is -2.21. The zero-order valence-electron chi connectivity index (χ0n) is 12.3. The lowest BCUT2D eigenvalue weighted by molar-refractivity contribution is 0.0979. The average Bonchev–Trinajstić information content (AvgIpc) is 2.99. The highest BCUT2D eigenvalue weighted by Gasteiger charge is 2.35. The number of pyridine rings is 1. The number of nitrogens with one attached hydrogen (secondary N) is 1. The lowest BCUT2D eigenvalue weighted by Gasteiger charge is -2.16. The normalized spacial score (nSPS) is 13.4. The topological polar surface area (TPSA) is 62.8 Å². The van der Waals surface area contributed by atoms with E-state index in [1.54, 1.807) is 18.2 Å². The third-order valence-corrected chi connectivity index (χ3v) is 4.79. The van der Waals surface area contributed by atoms with Crippen molar-refractivity contribution in [2.75, 3.05) is 0 Å². The molecule has 1 aliphatic carbocycles. The Hall–Kier alpha value is -2.98. The predicted octanol–water partition coefficient (Wildman–Crippen LogP) is 4.14. The van der Waals surface area contributed by atoms with Crippen molar-refractivity contribution in [2.24, 2.45) is 0 Å². The van der Waals surface area contributed by atoms with Crippen molar-refractivity contribution in [1.29, 1.82) is 0 Å². The smallest absolute Gasteiger partial charge is 0.211 e. The zero-order valence-corrected chi connectivity index (χ0v) is 13.0. The van der Waals surface area contributed by atoms with E-state index in [1.807, 2.05) is 24.3 Å². The Bertz CT molecular complexity index is 1210. The number of carbonyl (C=O) groups is 2. The van der Waals surface area contributed by atoms with E-state index < -0.39 is 0 Å². The Labute approximate surface area is 141 Å². The highest BCUT2D eigenvalue weighted by molar-refractivity contribution is 6.40. The van der Waals surface area contributed by atoms with Crippen LogP contribution in [0.25, 0.3) is 21.8 Å². The summed E-state index contributed by atoms with van der Waals surface area (Å²) in [7, 11) is 0. The van der Waals surface area contributed by atoms with E-state index in [4.69, 9.17) is 11.6 Å². The molecule has 0 saturated heterocycles. The fourth-order valence-corrected chi connectivity index (χ4v) is 3.68. The molecule has 0 amide bonds. The SMILES string of the molecule is O=C1c2cnc3cccc(Cl)c3c2C(=O)c2[nH]c3ccccc3c21. The molecule has 2 aromatic carbocycles. The molecule has 0 saturated carbocycles. The van der Waals surface area contributed by atoms with Crippen LogP contribution in [-0.4, -0.2) is 21.5 Å². The van der Waals surface area contributed by atoms with E-state index in [-0.39, 0.29) is 11.6 Å². The van der Waals surface area contributed by atoms with E-state index in [0.717, 1.165) is 10.9 Å². The number of fused-ring (bicyclic) bond motifs is 6. The number of halogens is 1. The Morgan fingerprint density at radius 2 is 1.75 bits per heavy atom. The molecule has 0 radical (unpaired) electrons. The molecule has 0 bridgehead atoms. The maximum atomic E-state index is 13.1. The summed E-state index contributed by atoms with van der Waals surface area (Å²) in [6, 6.07) is 12.6. The molecule has 2 heterocycles. The van der Waals surface area contributed by atoms with Crippen molar-refractivity contribution < 1.29 is 9.59 Å². The Morgan fingerprint density at radius 3 is 2.62 bits per heavy atom. The Balaban J connectivity index is 1.94. The molecule has 0 fully saturated rings. The monoisotopic (exact) mass is 332 g/mol. The second kappa shape index (κ2) is 4.52. The van der Waals surface area contributed by atoms with Crippen LogP contribution >= 0.6 is 11.6 Å². The van der Waals surface area contributed by atoms with Gasteiger partial charge in [0.2, 0.25) is 5.78 Å².